The van der Waals surface area contributed by atoms with Crippen LogP contribution in [0.5, 0.6) is 0 Å². The molecule has 0 spiro atoms. The van der Waals surface area contributed by atoms with Gasteiger partial charge in [-0.3, -0.25) is 4.79 Å². The second-order valence-electron chi connectivity index (χ2n) is 5.23. The van der Waals surface area contributed by atoms with Crippen molar-refractivity contribution in [1.29, 1.82) is 0 Å². The monoisotopic (exact) mass is 366 g/mol. The molecule has 1 amide bonds. The van der Waals surface area contributed by atoms with Crippen molar-refractivity contribution in [3.05, 3.63) is 57.6 Å². The highest BCUT2D eigenvalue weighted by Crippen LogP contribution is 2.21. The Labute approximate surface area is 149 Å². The molecule has 3 N–H and O–H groups in total. The van der Waals surface area contributed by atoms with Gasteiger partial charge in [0.2, 0.25) is 0 Å². The molecule has 24 heavy (non-hydrogen) atoms. The number of amides is 1. The van der Waals surface area contributed by atoms with E-state index >= 15 is 0 Å². The Kier molecular flexibility index (Phi) is 5.70. The number of carbonyl (C=O) groups excluding carboxylic acids is 2. The molecule has 0 heterocycles. The first kappa shape index (κ1) is 18.1. The summed E-state index contributed by atoms with van der Waals surface area (Å²) < 4.78 is 5.15. The smallest absolute Gasteiger partial charge is 0.341 e. The molecule has 0 bridgehead atoms. The minimum atomic E-state index is -1.01. The van der Waals surface area contributed by atoms with Crippen LogP contribution in [0.4, 0.5) is 11.4 Å². The molecule has 0 aliphatic heterocycles. The number of nitrogens with one attached hydrogen (secondary N) is 1. The molecule has 0 unspecified atom stereocenters. The number of benzene rings is 2. The molecule has 126 valence electrons. The summed E-state index contributed by atoms with van der Waals surface area (Å²) in [5, 5.41) is 3.58. The van der Waals surface area contributed by atoms with Gasteiger partial charge in [0.25, 0.3) is 5.91 Å². The molecule has 0 radical (unpaired) electrons. The van der Waals surface area contributed by atoms with E-state index < -0.39 is 18.0 Å². The largest absolute Gasteiger partial charge is 0.449 e. The van der Waals surface area contributed by atoms with E-state index in [1.807, 2.05) is 6.92 Å². The first-order valence-electron chi connectivity index (χ1n) is 7.11. The predicted molar refractivity (Wildman–Crippen MR) is 95.6 cm³/mol. The van der Waals surface area contributed by atoms with E-state index in [9.17, 15) is 9.59 Å². The van der Waals surface area contributed by atoms with Gasteiger partial charge in [0.05, 0.1) is 5.56 Å². The maximum absolute atomic E-state index is 12.2. The van der Waals surface area contributed by atoms with Crippen LogP contribution in [0.1, 0.15) is 22.8 Å². The van der Waals surface area contributed by atoms with Gasteiger partial charge in [-0.2, -0.15) is 0 Å². The minimum Gasteiger partial charge on any atom is -0.449 e. The Bertz CT molecular complexity index is 793. The van der Waals surface area contributed by atoms with E-state index in [1.54, 1.807) is 18.2 Å². The van der Waals surface area contributed by atoms with Crippen molar-refractivity contribution < 1.29 is 14.3 Å². The normalized spacial score (nSPS) is 11.7. The molecule has 2 aromatic carbocycles. The highest BCUT2D eigenvalue weighted by atomic mass is 35.5. The Hall–Kier alpha value is -2.24. The number of hydrogen-bond donors (Lipinski definition) is 2. The van der Waals surface area contributed by atoms with Gasteiger partial charge in [-0.25, -0.2) is 4.79 Å². The van der Waals surface area contributed by atoms with Gasteiger partial charge in [0.1, 0.15) is 0 Å². The third-order valence-electron chi connectivity index (χ3n) is 3.34. The van der Waals surface area contributed by atoms with Crippen molar-refractivity contribution in [2.45, 2.75) is 20.0 Å². The summed E-state index contributed by atoms with van der Waals surface area (Å²) >= 11 is 11.7. The van der Waals surface area contributed by atoms with Gasteiger partial charge in [-0.15, -0.1) is 0 Å². The van der Waals surface area contributed by atoms with Gasteiger partial charge < -0.3 is 15.8 Å². The van der Waals surface area contributed by atoms with E-state index in [0.717, 1.165) is 5.56 Å². The highest BCUT2D eigenvalue weighted by molar-refractivity contribution is 6.31. The molecular formula is C17H16Cl2N2O3. The molecule has 0 saturated heterocycles. The van der Waals surface area contributed by atoms with Crippen molar-refractivity contribution in [3.8, 4) is 0 Å². The van der Waals surface area contributed by atoms with Crippen LogP contribution in [-0.2, 0) is 9.53 Å². The molecule has 1 atom stereocenters. The van der Waals surface area contributed by atoms with Crippen LogP contribution in [0.25, 0.3) is 0 Å². The molecule has 0 fully saturated rings. The average molecular weight is 367 g/mol. The molecular weight excluding hydrogens is 351 g/mol. The number of rotatable bonds is 4. The van der Waals surface area contributed by atoms with Crippen molar-refractivity contribution in [2.24, 2.45) is 0 Å². The highest BCUT2D eigenvalue weighted by Gasteiger charge is 2.21. The number of aryl methyl sites for hydroxylation is 1. The fourth-order valence-corrected chi connectivity index (χ4v) is 2.31. The van der Waals surface area contributed by atoms with Gasteiger partial charge in [0.15, 0.2) is 6.10 Å². The van der Waals surface area contributed by atoms with E-state index in [1.165, 1.54) is 25.1 Å². The SMILES string of the molecule is Cc1ccc(Cl)cc1NC(=O)[C@H](C)OC(=O)c1ccc(Cl)cc1N. The number of anilines is 2. The van der Waals surface area contributed by atoms with Gasteiger partial charge in [-0.1, -0.05) is 29.3 Å². The number of carbonyl (C=O) groups is 2. The second kappa shape index (κ2) is 7.55. The topological polar surface area (TPSA) is 81.4 Å². The van der Waals surface area contributed by atoms with E-state index in [2.05, 4.69) is 5.32 Å². The van der Waals surface area contributed by atoms with Crippen LogP contribution in [0.15, 0.2) is 36.4 Å². The molecule has 5 nitrogen and oxygen atoms in total. The van der Waals surface area contributed by atoms with Crippen LogP contribution < -0.4 is 11.1 Å². The van der Waals surface area contributed by atoms with Gasteiger partial charge in [0, 0.05) is 21.4 Å². The third kappa shape index (κ3) is 4.40. The number of esters is 1. The minimum absolute atomic E-state index is 0.151. The van der Waals surface area contributed by atoms with E-state index in [4.69, 9.17) is 33.7 Å². The Morgan fingerprint density at radius 3 is 2.42 bits per heavy atom. The third-order valence-corrected chi connectivity index (χ3v) is 3.81. The molecule has 0 aliphatic rings. The number of nitrogen functional groups attached to an aromatic ring is 1. The van der Waals surface area contributed by atoms with E-state index in [0.29, 0.717) is 15.7 Å². The molecule has 2 aromatic rings. The molecule has 0 aromatic heterocycles. The van der Waals surface area contributed by atoms with Crippen LogP contribution >= 0.6 is 23.2 Å². The summed E-state index contributed by atoms with van der Waals surface area (Å²) in [4.78, 5) is 24.3. The molecule has 0 saturated carbocycles. The van der Waals surface area contributed by atoms with Crippen molar-refractivity contribution >= 4 is 46.5 Å². The predicted octanol–water partition coefficient (Wildman–Crippen LogP) is 4.07. The first-order chi connectivity index (χ1) is 11.3. The first-order valence-corrected chi connectivity index (χ1v) is 7.86. The van der Waals surface area contributed by atoms with Crippen molar-refractivity contribution in [3.63, 3.8) is 0 Å². The zero-order valence-corrected chi connectivity index (χ0v) is 14.6. The summed E-state index contributed by atoms with van der Waals surface area (Å²) in [6.07, 6.45) is -1.01. The second-order valence-corrected chi connectivity index (χ2v) is 6.10. The number of nitrogens with two attached hydrogens (primary N) is 1. The standard InChI is InChI=1S/C17H16Cl2N2O3/c1-9-3-4-12(19)8-15(9)21-16(22)10(2)24-17(23)13-6-5-11(18)7-14(13)20/h3-8,10H,20H2,1-2H3,(H,21,22)/t10-/m0/s1. The lowest BCUT2D eigenvalue weighted by Crippen LogP contribution is -2.30. The zero-order chi connectivity index (χ0) is 17.9. The molecule has 7 heteroatoms. The molecule has 2 rings (SSSR count). The number of ether oxygens (including phenoxy) is 1. The van der Waals surface area contributed by atoms with E-state index in [-0.39, 0.29) is 11.3 Å². The van der Waals surface area contributed by atoms with Crippen LogP contribution in [0.3, 0.4) is 0 Å². The fourth-order valence-electron chi connectivity index (χ4n) is 1.96. The van der Waals surface area contributed by atoms with Crippen molar-refractivity contribution in [2.75, 3.05) is 11.1 Å². The Morgan fingerprint density at radius 1 is 1.12 bits per heavy atom. The zero-order valence-electron chi connectivity index (χ0n) is 13.1. The lowest BCUT2D eigenvalue weighted by Gasteiger charge is -2.15. The maximum Gasteiger partial charge on any atom is 0.341 e. The van der Waals surface area contributed by atoms with Crippen LogP contribution in [0, 0.1) is 6.92 Å². The number of halogens is 2. The summed E-state index contributed by atoms with van der Waals surface area (Å²) in [6, 6.07) is 9.54. The summed E-state index contributed by atoms with van der Waals surface area (Å²) in [5.74, 6) is -1.17. The van der Waals surface area contributed by atoms with Crippen molar-refractivity contribution in [1.82, 2.24) is 0 Å². The quantitative estimate of drug-likeness (QED) is 0.631. The molecule has 0 aliphatic carbocycles. The number of hydrogen-bond acceptors (Lipinski definition) is 4. The lowest BCUT2D eigenvalue weighted by atomic mass is 10.2. The lowest BCUT2D eigenvalue weighted by molar-refractivity contribution is -0.123. The van der Waals surface area contributed by atoms with Crippen LogP contribution in [-0.4, -0.2) is 18.0 Å². The average Bonchev–Trinajstić information content (AvgIpc) is 2.50. The van der Waals surface area contributed by atoms with Gasteiger partial charge >= 0.3 is 5.97 Å². The van der Waals surface area contributed by atoms with Crippen LogP contribution in [0.2, 0.25) is 10.0 Å². The van der Waals surface area contributed by atoms with Gasteiger partial charge in [-0.05, 0) is 49.7 Å². The Morgan fingerprint density at radius 2 is 1.75 bits per heavy atom. The summed E-state index contributed by atoms with van der Waals surface area (Å²) in [6.45, 7) is 3.30. The Balaban J connectivity index is 2.05. The summed E-state index contributed by atoms with van der Waals surface area (Å²) in [7, 11) is 0. The maximum atomic E-state index is 12.2. The fraction of sp³-hybridized carbons (Fsp3) is 0.176. The summed E-state index contributed by atoms with van der Waals surface area (Å²) in [5.41, 5.74) is 7.47.